The molecule has 1 aliphatic rings. The highest BCUT2D eigenvalue weighted by Gasteiger charge is 2.19. The molecule has 24 heavy (non-hydrogen) atoms. The van der Waals surface area contributed by atoms with E-state index in [0.717, 1.165) is 48.8 Å². The quantitative estimate of drug-likeness (QED) is 0.742. The molecule has 1 aliphatic heterocycles. The van der Waals surface area contributed by atoms with Crippen LogP contribution in [0.5, 0.6) is 0 Å². The van der Waals surface area contributed by atoms with Gasteiger partial charge in [0.15, 0.2) is 5.82 Å². The van der Waals surface area contributed by atoms with Crippen molar-refractivity contribution in [3.05, 3.63) is 63.6 Å². The van der Waals surface area contributed by atoms with Crippen molar-refractivity contribution in [3.8, 4) is 11.4 Å². The van der Waals surface area contributed by atoms with Crippen molar-refractivity contribution in [2.45, 2.75) is 26.4 Å². The van der Waals surface area contributed by atoms with Gasteiger partial charge in [0.05, 0.1) is 5.69 Å². The number of thiophene rings is 1. The average Bonchev–Trinajstić information content (AvgIpc) is 3.00. The molecule has 0 radical (unpaired) electrons. The minimum absolute atomic E-state index is 0.758. The molecule has 4 rings (SSSR count). The number of rotatable bonds is 3. The fourth-order valence-electron chi connectivity index (χ4n) is 3.06. The highest BCUT2D eigenvalue weighted by atomic mass is 32.1. The van der Waals surface area contributed by atoms with Gasteiger partial charge in [-0.3, -0.25) is 4.90 Å². The second kappa shape index (κ2) is 6.34. The number of aryl methyl sites for hydroxylation is 1. The molecule has 0 saturated heterocycles. The Bertz CT molecular complexity index is 854. The van der Waals surface area contributed by atoms with Crippen LogP contribution < -0.4 is 5.73 Å². The Morgan fingerprint density at radius 1 is 1.25 bits per heavy atom. The third-order valence-electron chi connectivity index (χ3n) is 4.36. The molecule has 0 aliphatic carbocycles. The lowest BCUT2D eigenvalue weighted by Gasteiger charge is -2.27. The Balaban J connectivity index is 1.55. The Hall–Kier alpha value is -2.24. The van der Waals surface area contributed by atoms with Gasteiger partial charge in [0.1, 0.15) is 0 Å². The molecule has 122 valence electrons. The molecule has 0 spiro atoms. The fraction of sp³-hybridized carbons (Fsp3) is 0.263. The molecule has 3 aromatic rings. The number of fused-ring (bicyclic) bond motifs is 1. The van der Waals surface area contributed by atoms with Crippen LogP contribution in [0, 0.1) is 6.92 Å². The number of benzene rings is 1. The van der Waals surface area contributed by atoms with Crippen LogP contribution in [0.4, 0.5) is 5.69 Å². The van der Waals surface area contributed by atoms with Crippen molar-refractivity contribution in [3.63, 3.8) is 0 Å². The number of hydrogen-bond donors (Lipinski definition) is 1. The molecule has 2 N–H and O–H groups in total. The minimum Gasteiger partial charge on any atom is -0.399 e. The predicted molar refractivity (Wildman–Crippen MR) is 98.8 cm³/mol. The number of nitrogens with two attached hydrogens (primary N) is 1. The first-order chi connectivity index (χ1) is 11.7. The summed E-state index contributed by atoms with van der Waals surface area (Å²) in [5.41, 5.74) is 11.3. The first-order valence-corrected chi connectivity index (χ1v) is 9.02. The minimum atomic E-state index is 0.758. The summed E-state index contributed by atoms with van der Waals surface area (Å²) in [6, 6.07) is 10.0. The Morgan fingerprint density at radius 2 is 2.08 bits per heavy atom. The molecule has 2 aromatic heterocycles. The van der Waals surface area contributed by atoms with Crippen molar-refractivity contribution >= 4 is 17.0 Å². The van der Waals surface area contributed by atoms with Crippen LogP contribution in [0.25, 0.3) is 11.4 Å². The number of hydrogen-bond acceptors (Lipinski definition) is 5. The van der Waals surface area contributed by atoms with E-state index in [1.54, 1.807) is 0 Å². The maximum atomic E-state index is 5.76. The molecule has 0 saturated carbocycles. The zero-order chi connectivity index (χ0) is 16.5. The first kappa shape index (κ1) is 15.3. The summed E-state index contributed by atoms with van der Waals surface area (Å²) in [6.45, 7) is 5.10. The first-order valence-electron chi connectivity index (χ1n) is 8.14. The van der Waals surface area contributed by atoms with Crippen molar-refractivity contribution < 1.29 is 0 Å². The van der Waals surface area contributed by atoms with Gasteiger partial charge >= 0.3 is 0 Å². The third-order valence-corrected chi connectivity index (χ3v) is 5.40. The van der Waals surface area contributed by atoms with Crippen LogP contribution in [-0.4, -0.2) is 21.4 Å². The number of anilines is 1. The maximum Gasteiger partial charge on any atom is 0.159 e. The van der Waals surface area contributed by atoms with E-state index in [-0.39, 0.29) is 0 Å². The van der Waals surface area contributed by atoms with Gasteiger partial charge in [0.25, 0.3) is 0 Å². The van der Waals surface area contributed by atoms with Crippen LogP contribution in [0.15, 0.2) is 41.9 Å². The lowest BCUT2D eigenvalue weighted by atomic mass is 10.1. The zero-order valence-corrected chi connectivity index (χ0v) is 14.5. The lowest BCUT2D eigenvalue weighted by molar-refractivity contribution is 0.243. The monoisotopic (exact) mass is 336 g/mol. The molecule has 1 aromatic carbocycles. The van der Waals surface area contributed by atoms with Gasteiger partial charge in [-0.25, -0.2) is 9.97 Å². The smallest absolute Gasteiger partial charge is 0.159 e. The van der Waals surface area contributed by atoms with Gasteiger partial charge in [-0.2, -0.15) is 0 Å². The van der Waals surface area contributed by atoms with E-state index in [0.29, 0.717) is 0 Å². The van der Waals surface area contributed by atoms with Crippen molar-refractivity contribution in [1.82, 2.24) is 14.9 Å². The van der Waals surface area contributed by atoms with E-state index < -0.39 is 0 Å². The SMILES string of the molecule is Cc1csc(CN2CCc3cnc(-c4ccc(N)cc4)nc3C2)c1. The van der Waals surface area contributed by atoms with Crippen LogP contribution in [0.2, 0.25) is 0 Å². The molecule has 0 fully saturated rings. The highest BCUT2D eigenvalue weighted by Crippen LogP contribution is 2.24. The molecular formula is C19H20N4S. The average molecular weight is 336 g/mol. The van der Waals surface area contributed by atoms with Gasteiger partial charge in [-0.15, -0.1) is 11.3 Å². The van der Waals surface area contributed by atoms with E-state index in [1.807, 2.05) is 41.8 Å². The second-order valence-electron chi connectivity index (χ2n) is 6.34. The number of nitrogen functional groups attached to an aromatic ring is 1. The van der Waals surface area contributed by atoms with Crippen LogP contribution in [0.1, 0.15) is 21.7 Å². The van der Waals surface area contributed by atoms with E-state index in [2.05, 4.69) is 28.3 Å². The fourth-order valence-corrected chi connectivity index (χ4v) is 3.97. The summed E-state index contributed by atoms with van der Waals surface area (Å²) in [5.74, 6) is 0.780. The van der Waals surface area contributed by atoms with Gasteiger partial charge < -0.3 is 5.73 Å². The van der Waals surface area contributed by atoms with E-state index in [4.69, 9.17) is 10.7 Å². The largest absolute Gasteiger partial charge is 0.399 e. The van der Waals surface area contributed by atoms with Crippen molar-refractivity contribution in [1.29, 1.82) is 0 Å². The molecule has 0 unspecified atom stereocenters. The van der Waals surface area contributed by atoms with E-state index in [9.17, 15) is 0 Å². The van der Waals surface area contributed by atoms with Crippen LogP contribution in [0.3, 0.4) is 0 Å². The van der Waals surface area contributed by atoms with Gasteiger partial charge in [-0.05, 0) is 60.2 Å². The summed E-state index contributed by atoms with van der Waals surface area (Å²) in [4.78, 5) is 13.2. The highest BCUT2D eigenvalue weighted by molar-refractivity contribution is 7.10. The summed E-state index contributed by atoms with van der Waals surface area (Å²) in [6.07, 6.45) is 3.00. The van der Waals surface area contributed by atoms with Gasteiger partial charge in [0, 0.05) is 42.0 Å². The van der Waals surface area contributed by atoms with E-state index >= 15 is 0 Å². The molecule has 4 nitrogen and oxygen atoms in total. The van der Waals surface area contributed by atoms with Crippen LogP contribution in [-0.2, 0) is 19.5 Å². The molecular weight excluding hydrogens is 316 g/mol. The molecule has 5 heteroatoms. The molecule has 3 heterocycles. The van der Waals surface area contributed by atoms with Gasteiger partial charge in [0.2, 0.25) is 0 Å². The lowest BCUT2D eigenvalue weighted by Crippen LogP contribution is -2.30. The van der Waals surface area contributed by atoms with E-state index in [1.165, 1.54) is 16.0 Å². The normalized spacial score (nSPS) is 14.5. The molecule has 0 amide bonds. The van der Waals surface area contributed by atoms with Crippen LogP contribution >= 0.6 is 11.3 Å². The Morgan fingerprint density at radius 3 is 2.83 bits per heavy atom. The maximum absolute atomic E-state index is 5.76. The standard InChI is InChI=1S/C19H20N4S/c1-13-8-17(24-12-13)10-23-7-6-15-9-21-19(22-18(15)11-23)14-2-4-16(20)5-3-14/h2-5,8-9,12H,6-7,10-11,20H2,1H3. The number of aromatic nitrogens is 2. The zero-order valence-electron chi connectivity index (χ0n) is 13.7. The second-order valence-corrected chi connectivity index (χ2v) is 7.33. The summed E-state index contributed by atoms with van der Waals surface area (Å²) < 4.78 is 0. The summed E-state index contributed by atoms with van der Waals surface area (Å²) >= 11 is 1.84. The summed E-state index contributed by atoms with van der Waals surface area (Å²) in [5, 5.41) is 2.22. The van der Waals surface area contributed by atoms with Crippen molar-refractivity contribution in [2.75, 3.05) is 12.3 Å². The third kappa shape index (κ3) is 3.18. The Labute approximate surface area is 146 Å². The topological polar surface area (TPSA) is 55.0 Å². The van der Waals surface area contributed by atoms with Crippen molar-refractivity contribution in [2.24, 2.45) is 0 Å². The molecule has 0 atom stereocenters. The molecule has 0 bridgehead atoms. The number of nitrogens with zero attached hydrogens (tertiary/aromatic N) is 3. The summed E-state index contributed by atoms with van der Waals surface area (Å²) in [7, 11) is 0. The predicted octanol–water partition coefficient (Wildman–Crippen LogP) is 3.65. The van der Waals surface area contributed by atoms with Gasteiger partial charge in [-0.1, -0.05) is 0 Å². The Kier molecular flexibility index (Phi) is 4.04.